The molecule has 0 nitrogen and oxygen atoms in total. The predicted molar refractivity (Wildman–Crippen MR) is 72.9 cm³/mol. The van der Waals surface area contributed by atoms with Gasteiger partial charge in [-0.05, 0) is 36.8 Å². The molecule has 1 aliphatic carbocycles. The standard InChI is InChI=1S/C10H12.C6H14/c1-2-6-10-8-4-3-7-9(10)5-1;1-3-5-6-4-2/h1-2,5-6H,3-4,7-8H2;3-6H2,1-2H3. The third-order valence-electron chi connectivity index (χ3n) is 3.22. The van der Waals surface area contributed by atoms with Crippen LogP contribution in [0.25, 0.3) is 0 Å². The first-order valence-corrected chi connectivity index (χ1v) is 6.95. The fourth-order valence-corrected chi connectivity index (χ4v) is 2.18. The van der Waals surface area contributed by atoms with Crippen LogP contribution in [0.1, 0.15) is 63.5 Å². The number of hydrogen-bond donors (Lipinski definition) is 0. The summed E-state index contributed by atoms with van der Waals surface area (Å²) in [5, 5.41) is 0. The molecular formula is C16H26. The zero-order chi connectivity index (χ0) is 11.6. The van der Waals surface area contributed by atoms with Gasteiger partial charge in [0.1, 0.15) is 0 Å². The molecule has 0 unspecified atom stereocenters. The maximum Gasteiger partial charge on any atom is -0.0276 e. The summed E-state index contributed by atoms with van der Waals surface area (Å²) >= 11 is 0. The molecule has 1 aromatic rings. The Hall–Kier alpha value is -0.780. The minimum Gasteiger partial charge on any atom is -0.0654 e. The van der Waals surface area contributed by atoms with E-state index in [0.29, 0.717) is 0 Å². The van der Waals surface area contributed by atoms with Crippen molar-refractivity contribution in [3.63, 3.8) is 0 Å². The van der Waals surface area contributed by atoms with Crippen LogP contribution in [0.2, 0.25) is 0 Å². The van der Waals surface area contributed by atoms with Gasteiger partial charge >= 0.3 is 0 Å². The molecule has 0 heteroatoms. The van der Waals surface area contributed by atoms with Crippen molar-refractivity contribution < 1.29 is 0 Å². The highest BCUT2D eigenvalue weighted by atomic mass is 14.1. The molecule has 0 bridgehead atoms. The summed E-state index contributed by atoms with van der Waals surface area (Å²) < 4.78 is 0. The lowest BCUT2D eigenvalue weighted by Crippen LogP contribution is -2.00. The summed E-state index contributed by atoms with van der Waals surface area (Å²) in [5.74, 6) is 0. The molecule has 16 heavy (non-hydrogen) atoms. The van der Waals surface area contributed by atoms with Gasteiger partial charge in [-0.2, -0.15) is 0 Å². The Morgan fingerprint density at radius 1 is 0.812 bits per heavy atom. The highest BCUT2D eigenvalue weighted by Gasteiger charge is 2.05. The van der Waals surface area contributed by atoms with Gasteiger partial charge in [0.25, 0.3) is 0 Å². The molecule has 0 N–H and O–H groups in total. The van der Waals surface area contributed by atoms with Crippen molar-refractivity contribution in [2.75, 3.05) is 0 Å². The average molecular weight is 218 g/mol. The molecule has 2 rings (SSSR count). The Labute approximate surface area is 101 Å². The summed E-state index contributed by atoms with van der Waals surface area (Å²) in [4.78, 5) is 0. The molecule has 0 heterocycles. The lowest BCUT2D eigenvalue weighted by molar-refractivity contribution is 0.685. The van der Waals surface area contributed by atoms with Crippen LogP contribution in [-0.4, -0.2) is 0 Å². The largest absolute Gasteiger partial charge is 0.0654 e. The van der Waals surface area contributed by atoms with E-state index in [0.717, 1.165) is 0 Å². The number of rotatable bonds is 3. The van der Waals surface area contributed by atoms with Crippen LogP contribution >= 0.6 is 0 Å². The van der Waals surface area contributed by atoms with Crippen LogP contribution in [0.3, 0.4) is 0 Å². The van der Waals surface area contributed by atoms with Gasteiger partial charge in [-0.15, -0.1) is 0 Å². The third-order valence-corrected chi connectivity index (χ3v) is 3.22. The van der Waals surface area contributed by atoms with Crippen LogP contribution in [0.4, 0.5) is 0 Å². The Balaban J connectivity index is 0.000000187. The fraction of sp³-hybridized carbons (Fsp3) is 0.625. The average Bonchev–Trinajstić information content (AvgIpc) is 2.37. The van der Waals surface area contributed by atoms with Gasteiger partial charge < -0.3 is 0 Å². The second kappa shape index (κ2) is 8.38. The molecule has 0 saturated carbocycles. The molecule has 1 aromatic carbocycles. The SMILES string of the molecule is CCCCCC.c1ccc2c(c1)CCCC2. The van der Waals surface area contributed by atoms with E-state index in [-0.39, 0.29) is 0 Å². The van der Waals surface area contributed by atoms with Crippen LogP contribution in [0, 0.1) is 0 Å². The molecule has 0 amide bonds. The molecule has 0 spiro atoms. The smallest absolute Gasteiger partial charge is 0.0276 e. The molecule has 0 aliphatic heterocycles. The highest BCUT2D eigenvalue weighted by molar-refractivity contribution is 5.28. The van der Waals surface area contributed by atoms with Gasteiger partial charge in [0, 0.05) is 0 Å². The topological polar surface area (TPSA) is 0 Å². The quantitative estimate of drug-likeness (QED) is 0.615. The van der Waals surface area contributed by atoms with E-state index in [4.69, 9.17) is 0 Å². The molecule has 0 aromatic heterocycles. The van der Waals surface area contributed by atoms with Crippen LogP contribution in [0.5, 0.6) is 0 Å². The van der Waals surface area contributed by atoms with E-state index in [2.05, 4.69) is 38.1 Å². The Morgan fingerprint density at radius 3 is 1.62 bits per heavy atom. The maximum absolute atomic E-state index is 2.26. The van der Waals surface area contributed by atoms with E-state index >= 15 is 0 Å². The monoisotopic (exact) mass is 218 g/mol. The minimum atomic E-state index is 1.30. The Morgan fingerprint density at radius 2 is 1.25 bits per heavy atom. The molecule has 0 saturated heterocycles. The third kappa shape index (κ3) is 4.83. The van der Waals surface area contributed by atoms with Gasteiger partial charge in [-0.1, -0.05) is 63.8 Å². The molecule has 0 fully saturated rings. The van der Waals surface area contributed by atoms with Gasteiger partial charge in [0.15, 0.2) is 0 Å². The number of hydrogen-bond acceptors (Lipinski definition) is 0. The maximum atomic E-state index is 2.26. The normalized spacial score (nSPS) is 13.6. The summed E-state index contributed by atoms with van der Waals surface area (Å²) in [5.41, 5.74) is 3.16. The molecule has 0 atom stereocenters. The molecular weight excluding hydrogens is 192 g/mol. The first-order chi connectivity index (χ1) is 7.88. The van der Waals surface area contributed by atoms with Gasteiger partial charge in [-0.25, -0.2) is 0 Å². The van der Waals surface area contributed by atoms with Crippen molar-refractivity contribution in [2.45, 2.75) is 65.2 Å². The number of aryl methyl sites for hydroxylation is 2. The zero-order valence-corrected chi connectivity index (χ0v) is 11.0. The lowest BCUT2D eigenvalue weighted by atomic mass is 9.92. The summed E-state index contributed by atoms with van der Waals surface area (Å²) in [7, 11) is 0. The van der Waals surface area contributed by atoms with Crippen LogP contribution in [-0.2, 0) is 12.8 Å². The van der Waals surface area contributed by atoms with E-state index in [1.54, 1.807) is 11.1 Å². The second-order valence-corrected chi connectivity index (χ2v) is 4.68. The Kier molecular flexibility index (Phi) is 6.96. The van der Waals surface area contributed by atoms with E-state index in [1.165, 1.54) is 51.4 Å². The molecule has 0 radical (unpaired) electrons. The van der Waals surface area contributed by atoms with Crippen LogP contribution < -0.4 is 0 Å². The molecule has 90 valence electrons. The van der Waals surface area contributed by atoms with E-state index < -0.39 is 0 Å². The summed E-state index contributed by atoms with van der Waals surface area (Å²) in [6, 6.07) is 8.80. The summed E-state index contributed by atoms with van der Waals surface area (Å²) in [6.07, 6.45) is 10.9. The van der Waals surface area contributed by atoms with Crippen LogP contribution in [0.15, 0.2) is 24.3 Å². The predicted octanol–water partition coefficient (Wildman–Crippen LogP) is 5.15. The number of benzene rings is 1. The van der Waals surface area contributed by atoms with Crippen molar-refractivity contribution in [1.82, 2.24) is 0 Å². The van der Waals surface area contributed by atoms with Crippen molar-refractivity contribution in [3.8, 4) is 0 Å². The minimum absolute atomic E-state index is 1.30. The van der Waals surface area contributed by atoms with Gasteiger partial charge in [-0.3, -0.25) is 0 Å². The van der Waals surface area contributed by atoms with Gasteiger partial charge in [0.05, 0.1) is 0 Å². The number of fused-ring (bicyclic) bond motifs is 1. The Bertz CT molecular complexity index is 246. The lowest BCUT2D eigenvalue weighted by Gasteiger charge is -2.13. The van der Waals surface area contributed by atoms with Crippen molar-refractivity contribution in [3.05, 3.63) is 35.4 Å². The summed E-state index contributed by atoms with van der Waals surface area (Å²) in [6.45, 7) is 4.46. The van der Waals surface area contributed by atoms with Crippen molar-refractivity contribution in [2.24, 2.45) is 0 Å². The fourth-order valence-electron chi connectivity index (χ4n) is 2.18. The van der Waals surface area contributed by atoms with E-state index in [1.807, 2.05) is 0 Å². The highest BCUT2D eigenvalue weighted by Crippen LogP contribution is 2.19. The van der Waals surface area contributed by atoms with E-state index in [9.17, 15) is 0 Å². The number of unbranched alkanes of at least 4 members (excludes halogenated alkanes) is 3. The zero-order valence-electron chi connectivity index (χ0n) is 11.0. The second-order valence-electron chi connectivity index (χ2n) is 4.68. The van der Waals surface area contributed by atoms with Crippen molar-refractivity contribution >= 4 is 0 Å². The molecule has 1 aliphatic rings. The van der Waals surface area contributed by atoms with Crippen molar-refractivity contribution in [1.29, 1.82) is 0 Å². The van der Waals surface area contributed by atoms with Gasteiger partial charge in [0.2, 0.25) is 0 Å². The first-order valence-electron chi connectivity index (χ1n) is 6.95. The first kappa shape index (κ1) is 13.3.